The van der Waals surface area contributed by atoms with Gasteiger partial charge in [0.1, 0.15) is 17.2 Å². The molecule has 5 rings (SSSR count). The minimum Gasteiger partial charge on any atom is -0.444 e. The second kappa shape index (κ2) is 10.7. The van der Waals surface area contributed by atoms with E-state index in [0.717, 1.165) is 22.5 Å². The van der Waals surface area contributed by atoms with Crippen LogP contribution in [-0.4, -0.2) is 55.8 Å². The Morgan fingerprint density at radius 3 is 2.46 bits per heavy atom. The predicted molar refractivity (Wildman–Crippen MR) is 156 cm³/mol. The van der Waals surface area contributed by atoms with Gasteiger partial charge in [0.25, 0.3) is 0 Å². The molecule has 0 spiro atoms. The molecule has 2 N–H and O–H groups in total. The predicted octanol–water partition coefficient (Wildman–Crippen LogP) is 6.03. The van der Waals surface area contributed by atoms with Crippen LogP contribution in [0.5, 0.6) is 0 Å². The maximum Gasteiger partial charge on any atom is 0.410 e. The number of amides is 1. The number of ether oxygens (including phenoxy) is 1. The van der Waals surface area contributed by atoms with Crippen molar-refractivity contribution in [3.05, 3.63) is 64.5 Å². The number of anilines is 2. The van der Waals surface area contributed by atoms with E-state index < -0.39 is 5.60 Å². The molecule has 0 aliphatic carbocycles. The van der Waals surface area contributed by atoms with Crippen molar-refractivity contribution in [2.45, 2.75) is 59.6 Å². The van der Waals surface area contributed by atoms with Crippen LogP contribution in [0.3, 0.4) is 0 Å². The van der Waals surface area contributed by atoms with Gasteiger partial charge in [-0.05, 0) is 76.9 Å². The normalized spacial score (nSPS) is 15.2. The fraction of sp³-hybridized carbons (Fsp3) is 0.433. The summed E-state index contributed by atoms with van der Waals surface area (Å²) in [4.78, 5) is 14.8. The fourth-order valence-electron chi connectivity index (χ4n) is 5.36. The molecule has 1 atom stereocenters. The summed E-state index contributed by atoms with van der Waals surface area (Å²) >= 11 is 0. The number of fused-ring (bicyclic) bond motifs is 2. The van der Waals surface area contributed by atoms with Crippen LogP contribution in [0.15, 0.2) is 30.5 Å². The SMILES string of the molecule is Cc1cc(-n2nc3c(c2NCCNc2ccc4c(cnn4C)c2F)[C@H](C)N(C(=O)OC(C)(C)C)CC3)cc(C)c1F. The van der Waals surface area contributed by atoms with Crippen molar-refractivity contribution in [1.29, 1.82) is 0 Å². The summed E-state index contributed by atoms with van der Waals surface area (Å²) in [5.41, 5.74) is 3.98. The van der Waals surface area contributed by atoms with Gasteiger partial charge in [0.15, 0.2) is 5.82 Å². The number of hydrogen-bond acceptors (Lipinski definition) is 6. The number of benzene rings is 2. The zero-order chi connectivity index (χ0) is 29.6. The Balaban J connectivity index is 1.43. The number of aromatic nitrogens is 4. The molecule has 1 amide bonds. The van der Waals surface area contributed by atoms with Crippen LogP contribution >= 0.6 is 0 Å². The number of aryl methyl sites for hydroxylation is 3. The van der Waals surface area contributed by atoms with Crippen molar-refractivity contribution in [1.82, 2.24) is 24.5 Å². The van der Waals surface area contributed by atoms with Gasteiger partial charge in [0.05, 0.1) is 40.2 Å². The van der Waals surface area contributed by atoms with E-state index in [4.69, 9.17) is 9.84 Å². The first-order valence-corrected chi connectivity index (χ1v) is 13.8. The van der Waals surface area contributed by atoms with Crippen LogP contribution in [0.25, 0.3) is 16.6 Å². The van der Waals surface area contributed by atoms with E-state index in [1.807, 2.05) is 33.8 Å². The van der Waals surface area contributed by atoms with E-state index >= 15 is 4.39 Å². The molecule has 0 saturated heterocycles. The van der Waals surface area contributed by atoms with Crippen LogP contribution in [0.2, 0.25) is 0 Å². The molecule has 3 heterocycles. The quantitative estimate of drug-likeness (QED) is 0.278. The molecular weight excluding hydrogens is 528 g/mol. The molecule has 0 bridgehead atoms. The Labute approximate surface area is 238 Å². The molecule has 0 saturated carbocycles. The minimum atomic E-state index is -0.620. The lowest BCUT2D eigenvalue weighted by Gasteiger charge is -2.35. The molecule has 0 radical (unpaired) electrons. The van der Waals surface area contributed by atoms with E-state index in [0.29, 0.717) is 54.1 Å². The number of rotatable bonds is 6. The molecular formula is C30H37F2N7O2. The summed E-state index contributed by atoms with van der Waals surface area (Å²) < 4.78 is 38.6. The van der Waals surface area contributed by atoms with Gasteiger partial charge in [-0.2, -0.15) is 10.2 Å². The number of carbonyl (C=O) groups excluding carboxylic acids is 1. The first-order chi connectivity index (χ1) is 19.4. The zero-order valence-electron chi connectivity index (χ0n) is 24.6. The molecule has 1 aliphatic rings. The summed E-state index contributed by atoms with van der Waals surface area (Å²) in [6.07, 6.45) is 1.68. The third-order valence-electron chi connectivity index (χ3n) is 7.37. The first-order valence-electron chi connectivity index (χ1n) is 13.8. The summed E-state index contributed by atoms with van der Waals surface area (Å²) in [6.45, 7) is 12.3. The molecule has 2 aromatic heterocycles. The summed E-state index contributed by atoms with van der Waals surface area (Å²) in [7, 11) is 1.78. The average molecular weight is 566 g/mol. The van der Waals surface area contributed by atoms with Gasteiger partial charge in [0.2, 0.25) is 0 Å². The van der Waals surface area contributed by atoms with Gasteiger partial charge >= 0.3 is 6.09 Å². The van der Waals surface area contributed by atoms with E-state index in [1.165, 1.54) is 6.20 Å². The summed E-state index contributed by atoms with van der Waals surface area (Å²) in [5, 5.41) is 16.1. The lowest BCUT2D eigenvalue weighted by molar-refractivity contribution is 0.0160. The number of carbonyl (C=O) groups is 1. The van der Waals surface area contributed by atoms with Crippen molar-refractivity contribution in [2.24, 2.45) is 7.05 Å². The van der Waals surface area contributed by atoms with E-state index in [9.17, 15) is 9.18 Å². The Morgan fingerprint density at radius 2 is 1.78 bits per heavy atom. The highest BCUT2D eigenvalue weighted by Gasteiger charge is 2.36. The van der Waals surface area contributed by atoms with Gasteiger partial charge in [-0.3, -0.25) is 4.68 Å². The highest BCUT2D eigenvalue weighted by molar-refractivity contribution is 5.83. The highest BCUT2D eigenvalue weighted by Crippen LogP contribution is 2.37. The Hall–Kier alpha value is -4.15. The zero-order valence-corrected chi connectivity index (χ0v) is 24.6. The van der Waals surface area contributed by atoms with Crippen LogP contribution in [-0.2, 0) is 18.2 Å². The van der Waals surface area contributed by atoms with Crippen molar-refractivity contribution in [3.63, 3.8) is 0 Å². The minimum absolute atomic E-state index is 0.249. The molecule has 0 fully saturated rings. The molecule has 41 heavy (non-hydrogen) atoms. The Bertz CT molecular complexity index is 1600. The lowest BCUT2D eigenvalue weighted by Crippen LogP contribution is -2.42. The largest absolute Gasteiger partial charge is 0.444 e. The third kappa shape index (κ3) is 5.45. The van der Waals surface area contributed by atoms with Gasteiger partial charge < -0.3 is 20.3 Å². The molecule has 1 aliphatic heterocycles. The van der Waals surface area contributed by atoms with Crippen molar-refractivity contribution >= 4 is 28.5 Å². The Morgan fingerprint density at radius 1 is 1.10 bits per heavy atom. The van der Waals surface area contributed by atoms with Gasteiger partial charge in [-0.15, -0.1) is 0 Å². The number of hydrogen-bond donors (Lipinski definition) is 2. The summed E-state index contributed by atoms with van der Waals surface area (Å²) in [5.74, 6) is 0.106. The number of nitrogens with zero attached hydrogens (tertiary/aromatic N) is 5. The molecule has 11 heteroatoms. The number of nitrogens with one attached hydrogen (secondary N) is 2. The van der Waals surface area contributed by atoms with Crippen LogP contribution in [0.1, 0.15) is 56.1 Å². The summed E-state index contributed by atoms with van der Waals surface area (Å²) in [6, 6.07) is 6.75. The molecule has 2 aromatic carbocycles. The van der Waals surface area contributed by atoms with E-state index in [2.05, 4.69) is 15.7 Å². The second-order valence-corrected chi connectivity index (χ2v) is 11.6. The van der Waals surface area contributed by atoms with Crippen molar-refractivity contribution < 1.29 is 18.3 Å². The topological polar surface area (TPSA) is 89.2 Å². The maximum atomic E-state index is 15.1. The standard InChI is InChI=1S/C30H37F2N7O2/c1-17-14-20(15-18(2)26(17)31)39-28(25-19(3)38(13-10-22(25)36-39)29(40)41-30(4,5)6)34-12-11-33-23-8-9-24-21(27(23)32)16-35-37(24)7/h8-9,14-16,19,33-34H,10-13H2,1-7H3/t19-/m0/s1. The second-order valence-electron chi connectivity index (χ2n) is 11.6. The van der Waals surface area contributed by atoms with Crippen molar-refractivity contribution in [2.75, 3.05) is 30.3 Å². The van der Waals surface area contributed by atoms with Gasteiger partial charge in [-0.1, -0.05) is 0 Å². The Kier molecular flexibility index (Phi) is 7.39. The van der Waals surface area contributed by atoms with Crippen LogP contribution < -0.4 is 10.6 Å². The molecule has 4 aromatic rings. The number of halogens is 2. The maximum absolute atomic E-state index is 15.1. The fourth-order valence-corrected chi connectivity index (χ4v) is 5.36. The molecule has 0 unspecified atom stereocenters. The molecule has 9 nitrogen and oxygen atoms in total. The van der Waals surface area contributed by atoms with Crippen LogP contribution in [0.4, 0.5) is 25.1 Å². The smallest absolute Gasteiger partial charge is 0.410 e. The lowest BCUT2D eigenvalue weighted by atomic mass is 10.00. The monoisotopic (exact) mass is 565 g/mol. The van der Waals surface area contributed by atoms with E-state index in [1.54, 1.807) is 53.4 Å². The molecule has 218 valence electrons. The third-order valence-corrected chi connectivity index (χ3v) is 7.37. The highest BCUT2D eigenvalue weighted by atomic mass is 19.1. The average Bonchev–Trinajstić information content (AvgIpc) is 3.46. The van der Waals surface area contributed by atoms with Gasteiger partial charge in [0, 0.05) is 38.7 Å². The first kappa shape index (κ1) is 28.4. The van der Waals surface area contributed by atoms with E-state index in [-0.39, 0.29) is 23.8 Å². The van der Waals surface area contributed by atoms with Gasteiger partial charge in [-0.25, -0.2) is 18.3 Å². The van der Waals surface area contributed by atoms with Crippen molar-refractivity contribution in [3.8, 4) is 5.69 Å². The van der Waals surface area contributed by atoms with Crippen LogP contribution in [0, 0.1) is 25.5 Å².